The van der Waals surface area contributed by atoms with Gasteiger partial charge in [-0.1, -0.05) is 12.1 Å². The van der Waals surface area contributed by atoms with Gasteiger partial charge in [0, 0.05) is 24.5 Å². The fourth-order valence-electron chi connectivity index (χ4n) is 3.66. The molecule has 3 aromatic carbocycles. The number of carbonyl (C=O) groups excluding carboxylic acids is 1. The minimum Gasteiger partial charge on any atom is -0.378 e. The highest BCUT2D eigenvalue weighted by Crippen LogP contribution is 2.24. The second kappa shape index (κ2) is 9.60. The van der Waals surface area contributed by atoms with Crippen LogP contribution in [0.25, 0.3) is 0 Å². The number of halogens is 1. The highest BCUT2D eigenvalue weighted by molar-refractivity contribution is 7.92. The number of hydrogen-bond donors (Lipinski definition) is 2. The van der Waals surface area contributed by atoms with E-state index < -0.39 is 21.7 Å². The monoisotopic (exact) mass is 469 g/mol. The molecule has 0 bridgehead atoms. The Morgan fingerprint density at radius 1 is 1.00 bits per heavy atom. The zero-order valence-corrected chi connectivity index (χ0v) is 18.9. The quantitative estimate of drug-likeness (QED) is 0.569. The average molecular weight is 470 g/mol. The second-order valence-electron chi connectivity index (χ2n) is 7.66. The Morgan fingerprint density at radius 3 is 2.39 bits per heavy atom. The molecule has 0 atom stereocenters. The number of anilines is 3. The number of amides is 1. The van der Waals surface area contributed by atoms with Crippen LogP contribution >= 0.6 is 0 Å². The smallest absolute Gasteiger partial charge is 0.262 e. The number of ether oxygens (including phenoxy) is 1. The molecule has 1 fully saturated rings. The topological polar surface area (TPSA) is 87.7 Å². The van der Waals surface area contributed by atoms with E-state index in [9.17, 15) is 17.6 Å². The zero-order valence-electron chi connectivity index (χ0n) is 18.0. The average Bonchev–Trinajstić information content (AvgIpc) is 2.80. The minimum absolute atomic E-state index is 0.0576. The van der Waals surface area contributed by atoms with Gasteiger partial charge in [0.25, 0.3) is 15.9 Å². The Balaban J connectivity index is 1.51. The van der Waals surface area contributed by atoms with E-state index in [0.29, 0.717) is 18.9 Å². The molecule has 2 N–H and O–H groups in total. The van der Waals surface area contributed by atoms with E-state index in [-0.39, 0.29) is 21.7 Å². The van der Waals surface area contributed by atoms with Crippen LogP contribution in [-0.4, -0.2) is 40.6 Å². The molecule has 0 aromatic heterocycles. The van der Waals surface area contributed by atoms with Crippen LogP contribution in [0.5, 0.6) is 0 Å². The predicted octanol–water partition coefficient (Wildman–Crippen LogP) is 4.02. The van der Waals surface area contributed by atoms with Crippen molar-refractivity contribution in [1.82, 2.24) is 0 Å². The first-order chi connectivity index (χ1) is 15.8. The molecule has 4 rings (SSSR count). The van der Waals surface area contributed by atoms with Gasteiger partial charge in [-0.15, -0.1) is 0 Å². The molecular weight excluding hydrogens is 445 g/mol. The number of aryl methyl sites for hydroxylation is 1. The summed E-state index contributed by atoms with van der Waals surface area (Å²) in [6.45, 7) is 4.50. The van der Waals surface area contributed by atoms with Crippen molar-refractivity contribution >= 4 is 33.0 Å². The third-order valence-electron chi connectivity index (χ3n) is 5.34. The summed E-state index contributed by atoms with van der Waals surface area (Å²) in [5.74, 6) is -0.978. The maximum atomic E-state index is 13.4. The van der Waals surface area contributed by atoms with Gasteiger partial charge in [-0.05, 0) is 67.1 Å². The van der Waals surface area contributed by atoms with Gasteiger partial charge in [0.2, 0.25) is 0 Å². The largest absolute Gasteiger partial charge is 0.378 e. The number of nitrogens with one attached hydrogen (secondary N) is 2. The molecule has 1 amide bonds. The maximum Gasteiger partial charge on any atom is 0.262 e. The molecule has 1 saturated heterocycles. The first-order valence-corrected chi connectivity index (χ1v) is 11.9. The van der Waals surface area contributed by atoms with E-state index in [4.69, 9.17) is 4.74 Å². The van der Waals surface area contributed by atoms with Crippen LogP contribution < -0.4 is 14.9 Å². The van der Waals surface area contributed by atoms with Crippen molar-refractivity contribution in [2.24, 2.45) is 0 Å². The lowest BCUT2D eigenvalue weighted by molar-refractivity contribution is 0.102. The molecule has 3 aromatic rings. The van der Waals surface area contributed by atoms with Crippen LogP contribution in [0.1, 0.15) is 15.9 Å². The molecule has 172 valence electrons. The maximum absolute atomic E-state index is 13.4. The summed E-state index contributed by atoms with van der Waals surface area (Å²) in [4.78, 5) is 15.1. The van der Waals surface area contributed by atoms with Gasteiger partial charge in [0.1, 0.15) is 5.82 Å². The first kappa shape index (κ1) is 22.8. The van der Waals surface area contributed by atoms with E-state index in [0.717, 1.165) is 30.9 Å². The Bertz CT molecular complexity index is 1260. The fraction of sp³-hybridized carbons (Fsp3) is 0.208. The number of rotatable bonds is 6. The standard InChI is InChI=1S/C24H24FN3O4S/c1-17-16-18(25)6-11-23(17)33(30,31)27-22-5-3-2-4-21(22)24(29)26-19-7-9-20(10-8-19)28-12-14-32-15-13-28/h2-11,16,27H,12-15H2,1H3,(H,26,29). The van der Waals surface area contributed by atoms with Crippen LogP contribution in [0.15, 0.2) is 71.6 Å². The third-order valence-corrected chi connectivity index (χ3v) is 6.87. The molecule has 0 aliphatic carbocycles. The first-order valence-electron chi connectivity index (χ1n) is 10.5. The van der Waals surface area contributed by atoms with Crippen LogP contribution in [0.4, 0.5) is 21.5 Å². The van der Waals surface area contributed by atoms with Crippen LogP contribution in [0, 0.1) is 12.7 Å². The number of carbonyl (C=O) groups is 1. The van der Waals surface area contributed by atoms with E-state index in [1.165, 1.54) is 25.1 Å². The number of benzene rings is 3. The lowest BCUT2D eigenvalue weighted by atomic mass is 10.1. The number of para-hydroxylation sites is 1. The van der Waals surface area contributed by atoms with Crippen molar-refractivity contribution in [2.75, 3.05) is 41.2 Å². The summed E-state index contributed by atoms with van der Waals surface area (Å²) < 4.78 is 47.0. The number of hydrogen-bond acceptors (Lipinski definition) is 5. The van der Waals surface area contributed by atoms with E-state index in [1.807, 2.05) is 12.1 Å². The second-order valence-corrected chi connectivity index (χ2v) is 9.31. The minimum atomic E-state index is -4.02. The molecule has 7 nitrogen and oxygen atoms in total. The van der Waals surface area contributed by atoms with Gasteiger partial charge in [-0.3, -0.25) is 9.52 Å². The van der Waals surface area contributed by atoms with E-state index in [2.05, 4.69) is 14.9 Å². The van der Waals surface area contributed by atoms with Gasteiger partial charge in [0.15, 0.2) is 0 Å². The number of morpholine rings is 1. The van der Waals surface area contributed by atoms with Crippen molar-refractivity contribution < 1.29 is 22.3 Å². The molecule has 0 unspecified atom stereocenters. The lowest BCUT2D eigenvalue weighted by Gasteiger charge is -2.28. The highest BCUT2D eigenvalue weighted by atomic mass is 32.2. The van der Waals surface area contributed by atoms with Crippen LogP contribution in [0.3, 0.4) is 0 Å². The van der Waals surface area contributed by atoms with Crippen molar-refractivity contribution in [3.8, 4) is 0 Å². The molecule has 0 spiro atoms. The van der Waals surface area contributed by atoms with Crippen molar-refractivity contribution in [2.45, 2.75) is 11.8 Å². The van der Waals surface area contributed by atoms with Gasteiger partial charge < -0.3 is 15.0 Å². The van der Waals surface area contributed by atoms with Crippen LogP contribution in [0.2, 0.25) is 0 Å². The van der Waals surface area contributed by atoms with Gasteiger partial charge in [-0.25, -0.2) is 12.8 Å². The zero-order chi connectivity index (χ0) is 23.4. The summed E-state index contributed by atoms with van der Waals surface area (Å²) in [5, 5.41) is 2.81. The van der Waals surface area contributed by atoms with Crippen molar-refractivity contribution in [3.05, 3.63) is 83.7 Å². The molecule has 1 aliphatic rings. The van der Waals surface area contributed by atoms with Gasteiger partial charge in [0.05, 0.1) is 29.4 Å². The predicted molar refractivity (Wildman–Crippen MR) is 126 cm³/mol. The molecular formula is C24H24FN3O4S. The summed E-state index contributed by atoms with van der Waals surface area (Å²) >= 11 is 0. The molecule has 1 aliphatic heterocycles. The van der Waals surface area contributed by atoms with Crippen LogP contribution in [-0.2, 0) is 14.8 Å². The Kier molecular flexibility index (Phi) is 6.62. The lowest BCUT2D eigenvalue weighted by Crippen LogP contribution is -2.36. The summed E-state index contributed by atoms with van der Waals surface area (Å²) in [6.07, 6.45) is 0. The Hall–Kier alpha value is -3.43. The van der Waals surface area contributed by atoms with Gasteiger partial charge >= 0.3 is 0 Å². The molecule has 1 heterocycles. The molecule has 9 heteroatoms. The van der Waals surface area contributed by atoms with E-state index >= 15 is 0 Å². The Labute approximate surface area is 192 Å². The SMILES string of the molecule is Cc1cc(F)ccc1S(=O)(=O)Nc1ccccc1C(=O)Nc1ccc(N2CCOCC2)cc1. The summed E-state index contributed by atoms with van der Waals surface area (Å²) in [5.41, 5.74) is 2.19. The summed E-state index contributed by atoms with van der Waals surface area (Å²) in [6, 6.07) is 17.2. The number of nitrogens with zero attached hydrogens (tertiary/aromatic N) is 1. The normalized spacial score (nSPS) is 14.1. The molecule has 0 saturated carbocycles. The fourth-order valence-corrected chi connectivity index (χ4v) is 4.97. The molecule has 0 radical (unpaired) electrons. The summed E-state index contributed by atoms with van der Waals surface area (Å²) in [7, 11) is -4.02. The van der Waals surface area contributed by atoms with Crippen molar-refractivity contribution in [1.29, 1.82) is 0 Å². The molecule has 33 heavy (non-hydrogen) atoms. The third kappa shape index (κ3) is 5.32. The van der Waals surface area contributed by atoms with Gasteiger partial charge in [-0.2, -0.15) is 0 Å². The number of sulfonamides is 1. The highest BCUT2D eigenvalue weighted by Gasteiger charge is 2.21. The van der Waals surface area contributed by atoms with Crippen molar-refractivity contribution in [3.63, 3.8) is 0 Å². The Morgan fingerprint density at radius 2 is 1.70 bits per heavy atom. The van der Waals surface area contributed by atoms with E-state index in [1.54, 1.807) is 24.3 Å².